The van der Waals surface area contributed by atoms with E-state index in [0.29, 0.717) is 27.9 Å². The molecule has 5 aromatic rings. The van der Waals surface area contributed by atoms with Crippen LogP contribution >= 0.6 is 10.3 Å². The smallest absolute Gasteiger partial charge is 0.339 e. The monoisotopic (exact) mass is 914 g/mol. The van der Waals surface area contributed by atoms with Crippen LogP contribution in [0.2, 0.25) is 0 Å². The molecule has 5 aromatic carbocycles. The molecule has 11 rings (SSSR count). The van der Waals surface area contributed by atoms with Gasteiger partial charge in [-0.3, -0.25) is 0 Å². The summed E-state index contributed by atoms with van der Waals surface area (Å²) in [5, 5.41) is 0. The largest absolute Gasteiger partial charge is 0.379 e. The van der Waals surface area contributed by atoms with Gasteiger partial charge in [-0.25, -0.2) is 3.63 Å². The normalized spacial score (nSPS) is 28.7. The molecule has 6 aliphatic rings. The van der Waals surface area contributed by atoms with Crippen molar-refractivity contribution >= 4 is 30.5 Å². The van der Waals surface area contributed by atoms with E-state index in [0.717, 1.165) is 95.9 Å². The van der Waals surface area contributed by atoms with Gasteiger partial charge >= 0.3 is 20.2 Å². The Bertz CT molecular complexity index is 2650. The zero-order chi connectivity index (χ0) is 44.1. The van der Waals surface area contributed by atoms with E-state index in [1.165, 1.54) is 37.7 Å². The molecule has 0 radical (unpaired) electrons. The third-order valence-corrected chi connectivity index (χ3v) is 23.7. The Hall–Kier alpha value is -3.89. The summed E-state index contributed by atoms with van der Waals surface area (Å²) in [5.41, 5.74) is 4.16. The molecule has 6 nitrogen and oxygen atoms in total. The van der Waals surface area contributed by atoms with Crippen LogP contribution < -0.4 is 4.18 Å². The first-order chi connectivity index (χ1) is 30.7. The molecule has 6 aliphatic carbocycles. The first-order valence-corrected chi connectivity index (χ1v) is 28.4. The molecule has 6 fully saturated rings. The minimum Gasteiger partial charge on any atom is -0.379 e. The van der Waals surface area contributed by atoms with E-state index in [4.69, 9.17) is 7.81 Å². The lowest BCUT2D eigenvalue weighted by molar-refractivity contribution is 0.380. The molecule has 0 aromatic heterocycles. The van der Waals surface area contributed by atoms with Crippen LogP contribution in [0.5, 0.6) is 5.75 Å². The average molecular weight is 915 g/mol. The number of rotatable bonds is 13. The maximum Gasteiger partial charge on any atom is 0.339 e. The fraction of sp³-hybridized carbons (Fsp3) is 0.455. The lowest BCUT2D eigenvalue weighted by Crippen LogP contribution is -2.32. The van der Waals surface area contributed by atoms with Gasteiger partial charge in [-0.15, -0.1) is 0 Å². The molecular formula is C55H62O6S3. The number of hydrogen-bond donors (Lipinski definition) is 0. The molecule has 0 amide bonds. The number of aryl methyl sites for hydroxylation is 1. The molecule has 0 heterocycles. The molecule has 0 N–H and O–H groups in total. The van der Waals surface area contributed by atoms with Crippen LogP contribution in [-0.2, 0) is 40.1 Å². The zero-order valence-electron chi connectivity index (χ0n) is 37.6. The molecule has 336 valence electrons. The first kappa shape index (κ1) is 42.7. The van der Waals surface area contributed by atoms with Crippen LogP contribution in [0.25, 0.3) is 0 Å². The maximum absolute atomic E-state index is 15.7. The highest BCUT2D eigenvalue weighted by atomic mass is 32.3. The minimum absolute atomic E-state index is 0.0181. The molecule has 0 aliphatic heterocycles. The highest BCUT2D eigenvalue weighted by molar-refractivity contribution is 8.33. The Morgan fingerprint density at radius 1 is 0.531 bits per heavy atom. The minimum atomic E-state index is -4.51. The van der Waals surface area contributed by atoms with Gasteiger partial charge in [0.1, 0.15) is 10.6 Å². The summed E-state index contributed by atoms with van der Waals surface area (Å²) < 4.78 is 75.2. The van der Waals surface area contributed by atoms with Gasteiger partial charge in [0, 0.05) is 14.7 Å². The van der Waals surface area contributed by atoms with Crippen molar-refractivity contribution in [2.24, 2.45) is 17.8 Å². The summed E-state index contributed by atoms with van der Waals surface area (Å²) in [6, 6.07) is 36.8. The van der Waals surface area contributed by atoms with E-state index in [-0.39, 0.29) is 32.8 Å². The van der Waals surface area contributed by atoms with E-state index in [1.54, 1.807) is 19.1 Å². The van der Waals surface area contributed by atoms with Crippen LogP contribution in [0.4, 0.5) is 0 Å². The fourth-order valence-corrected chi connectivity index (χ4v) is 21.1. The highest BCUT2D eigenvalue weighted by Crippen LogP contribution is 2.70. The topological polar surface area (TPSA) is 86.7 Å². The second-order valence-electron chi connectivity index (χ2n) is 21.0. The van der Waals surface area contributed by atoms with Crippen LogP contribution in [-0.4, -0.2) is 16.8 Å². The Labute approximate surface area is 383 Å². The van der Waals surface area contributed by atoms with Gasteiger partial charge in [0.15, 0.2) is 0 Å². The van der Waals surface area contributed by atoms with Gasteiger partial charge in [0.25, 0.3) is 0 Å². The summed E-state index contributed by atoms with van der Waals surface area (Å²) in [7, 11) is -11.7. The molecule has 0 saturated heterocycles. The summed E-state index contributed by atoms with van der Waals surface area (Å²) >= 11 is 0. The molecule has 0 atom stereocenters. The second kappa shape index (κ2) is 15.6. The van der Waals surface area contributed by atoms with Crippen LogP contribution in [0.15, 0.2) is 140 Å². The summed E-state index contributed by atoms with van der Waals surface area (Å²) in [5.74, 6) is 1.93. The van der Waals surface area contributed by atoms with E-state index < -0.39 is 30.5 Å². The quantitative estimate of drug-likeness (QED) is 0.109. The van der Waals surface area contributed by atoms with Gasteiger partial charge in [-0.05, 0) is 230 Å². The van der Waals surface area contributed by atoms with Gasteiger partial charge in [-0.2, -0.15) is 16.8 Å². The number of fused-ring (bicyclic) bond motifs is 6. The van der Waals surface area contributed by atoms with Gasteiger partial charge in [0.2, 0.25) is 0 Å². The standard InChI is InChI=1S/C55H62O6S3/c1-38(2)47-34-50(39(3)31-51(47)63(56,57)61-62(44-13-7-4-8-14-44,45-15-9-5-10-16-45)46-17-11-6-12-18-46)60-64(58,59)52-48(54-27-21-41(36-54)22-28-54)32-43(53-25-19-40(35-53)20-26-53)33-49(52)55-29-23-42(37-55)24-30-55/h4-18,31-34,38,40-42H,19-30,35-37H2,1-3H3. The van der Waals surface area contributed by atoms with Crippen molar-refractivity contribution in [2.45, 2.75) is 164 Å². The Morgan fingerprint density at radius 3 is 1.31 bits per heavy atom. The summed E-state index contributed by atoms with van der Waals surface area (Å²) in [6.07, 6.45) is 17.0. The van der Waals surface area contributed by atoms with E-state index >= 15 is 16.8 Å². The summed E-state index contributed by atoms with van der Waals surface area (Å²) in [4.78, 5) is 2.69. The lowest BCUT2D eigenvalue weighted by Gasteiger charge is -2.39. The van der Waals surface area contributed by atoms with Crippen molar-refractivity contribution in [2.75, 3.05) is 0 Å². The SMILES string of the molecule is Cc1cc(S(=O)(=O)OS(c2ccccc2)(c2ccccc2)c2ccccc2)c(C(C)C)cc1OS(=O)(=O)c1c(C23CCC(CC2)C3)cc(C23CCC(CC2)C3)cc1C12CCC(CC1)C2. The van der Waals surface area contributed by atoms with Gasteiger partial charge < -0.3 is 4.18 Å². The van der Waals surface area contributed by atoms with E-state index in [2.05, 4.69) is 12.1 Å². The molecule has 6 bridgehead atoms. The van der Waals surface area contributed by atoms with Gasteiger partial charge in [0.05, 0.1) is 4.90 Å². The maximum atomic E-state index is 15.7. The van der Waals surface area contributed by atoms with Crippen molar-refractivity contribution in [3.63, 3.8) is 0 Å². The third kappa shape index (κ3) is 6.87. The van der Waals surface area contributed by atoms with Crippen LogP contribution in [0.1, 0.15) is 144 Å². The Kier molecular flexibility index (Phi) is 10.4. The zero-order valence-corrected chi connectivity index (χ0v) is 40.0. The number of benzene rings is 5. The van der Waals surface area contributed by atoms with E-state index in [1.807, 2.05) is 105 Å². The highest BCUT2D eigenvalue weighted by Gasteiger charge is 2.55. The average Bonchev–Trinajstić information content (AvgIpc) is 4.20. The predicted octanol–water partition coefficient (Wildman–Crippen LogP) is 14.0. The molecule has 0 unspecified atom stereocenters. The molecule has 9 heteroatoms. The van der Waals surface area contributed by atoms with Crippen molar-refractivity contribution in [1.82, 2.24) is 0 Å². The Morgan fingerprint density at radius 2 is 0.938 bits per heavy atom. The second-order valence-corrected chi connectivity index (χ2v) is 27.0. The van der Waals surface area contributed by atoms with Crippen molar-refractivity contribution in [3.8, 4) is 5.75 Å². The van der Waals surface area contributed by atoms with E-state index in [9.17, 15) is 0 Å². The predicted molar refractivity (Wildman–Crippen MR) is 254 cm³/mol. The third-order valence-electron chi connectivity index (χ3n) is 17.1. The van der Waals surface area contributed by atoms with Gasteiger partial charge in [-0.1, -0.05) is 80.6 Å². The van der Waals surface area contributed by atoms with Crippen molar-refractivity contribution in [1.29, 1.82) is 0 Å². The molecular weight excluding hydrogens is 853 g/mol. The van der Waals surface area contributed by atoms with Crippen LogP contribution in [0.3, 0.4) is 0 Å². The van der Waals surface area contributed by atoms with Crippen LogP contribution in [0, 0.1) is 24.7 Å². The Balaban J connectivity index is 1.04. The fourth-order valence-electron chi connectivity index (χ4n) is 13.9. The lowest BCUT2D eigenvalue weighted by atomic mass is 9.68. The number of hydrogen-bond acceptors (Lipinski definition) is 6. The summed E-state index contributed by atoms with van der Waals surface area (Å²) in [6.45, 7) is 5.63. The molecule has 6 saturated carbocycles. The van der Waals surface area contributed by atoms with Crippen molar-refractivity contribution in [3.05, 3.63) is 143 Å². The first-order valence-electron chi connectivity index (χ1n) is 24.0. The molecule has 0 spiro atoms. The van der Waals surface area contributed by atoms with Crippen molar-refractivity contribution < 1.29 is 24.6 Å². The molecule has 64 heavy (non-hydrogen) atoms.